The maximum atomic E-state index is 9.71. The highest BCUT2D eigenvalue weighted by Gasteiger charge is 2.20. The molecule has 1 unspecified atom stereocenters. The second-order valence-electron chi connectivity index (χ2n) is 3.94. The first-order chi connectivity index (χ1) is 6.94. The zero-order chi connectivity index (χ0) is 11.5. The number of aryl methyl sites for hydroxylation is 1. The van der Waals surface area contributed by atoms with E-state index in [1.54, 1.807) is 6.07 Å². The fourth-order valence-electron chi connectivity index (χ4n) is 1.48. The van der Waals surface area contributed by atoms with Gasteiger partial charge in [-0.15, -0.1) is 0 Å². The molecule has 15 heavy (non-hydrogen) atoms. The van der Waals surface area contributed by atoms with Gasteiger partial charge >= 0.3 is 0 Å². The topological polar surface area (TPSA) is 92.5 Å². The highest BCUT2D eigenvalue weighted by atomic mass is 16.3. The standard InChI is InChI=1S/C11H18N2O2/c1-8-6-9(2-3-10(8)12)7-11(13,15)4-5-14/h2-3,6,14-15H,4-5,7,12-13H2,1H3. The molecule has 0 aliphatic rings. The summed E-state index contributed by atoms with van der Waals surface area (Å²) in [6, 6.07) is 5.52. The van der Waals surface area contributed by atoms with Crippen LogP contribution in [0.4, 0.5) is 5.69 Å². The molecule has 1 aromatic rings. The molecule has 0 heterocycles. The molecule has 0 saturated heterocycles. The van der Waals surface area contributed by atoms with E-state index in [1.165, 1.54) is 0 Å². The van der Waals surface area contributed by atoms with Crippen LogP contribution in [-0.4, -0.2) is 22.5 Å². The molecule has 0 spiro atoms. The number of anilines is 1. The molecule has 0 aliphatic heterocycles. The zero-order valence-electron chi connectivity index (χ0n) is 8.90. The Hall–Kier alpha value is -1.10. The van der Waals surface area contributed by atoms with Gasteiger partial charge in [0.25, 0.3) is 0 Å². The van der Waals surface area contributed by atoms with Crippen molar-refractivity contribution in [2.75, 3.05) is 12.3 Å². The number of benzene rings is 1. The molecular formula is C11H18N2O2. The minimum atomic E-state index is -1.35. The summed E-state index contributed by atoms with van der Waals surface area (Å²) in [5, 5.41) is 18.4. The van der Waals surface area contributed by atoms with Gasteiger partial charge in [0.1, 0.15) is 5.72 Å². The Kier molecular flexibility index (Phi) is 3.68. The summed E-state index contributed by atoms with van der Waals surface area (Å²) >= 11 is 0. The predicted molar refractivity (Wildman–Crippen MR) is 60.1 cm³/mol. The Labute approximate surface area is 89.5 Å². The molecule has 0 saturated carbocycles. The molecule has 1 rings (SSSR count). The zero-order valence-corrected chi connectivity index (χ0v) is 8.90. The molecule has 6 N–H and O–H groups in total. The first-order valence-corrected chi connectivity index (χ1v) is 4.92. The quantitative estimate of drug-likeness (QED) is 0.420. The van der Waals surface area contributed by atoms with E-state index < -0.39 is 5.72 Å². The lowest BCUT2D eigenvalue weighted by atomic mass is 9.99. The smallest absolute Gasteiger partial charge is 0.119 e. The van der Waals surface area contributed by atoms with Gasteiger partial charge in [0.2, 0.25) is 0 Å². The van der Waals surface area contributed by atoms with Crippen molar-refractivity contribution in [3.8, 4) is 0 Å². The molecule has 0 fully saturated rings. The van der Waals surface area contributed by atoms with Crippen LogP contribution in [0.2, 0.25) is 0 Å². The number of aliphatic hydroxyl groups excluding tert-OH is 1. The van der Waals surface area contributed by atoms with Crippen molar-refractivity contribution in [2.45, 2.75) is 25.5 Å². The van der Waals surface area contributed by atoms with Gasteiger partial charge in [0, 0.05) is 25.1 Å². The first-order valence-electron chi connectivity index (χ1n) is 4.92. The molecule has 4 heteroatoms. The minimum absolute atomic E-state index is 0.124. The molecule has 0 radical (unpaired) electrons. The second kappa shape index (κ2) is 4.61. The van der Waals surface area contributed by atoms with Gasteiger partial charge in [-0.3, -0.25) is 0 Å². The van der Waals surface area contributed by atoms with Crippen molar-refractivity contribution in [3.63, 3.8) is 0 Å². The number of aliphatic hydroxyl groups is 2. The van der Waals surface area contributed by atoms with Crippen LogP contribution >= 0.6 is 0 Å². The Morgan fingerprint density at radius 3 is 2.60 bits per heavy atom. The summed E-state index contributed by atoms with van der Waals surface area (Å²) in [7, 11) is 0. The monoisotopic (exact) mass is 210 g/mol. The molecule has 0 aliphatic carbocycles. The molecule has 0 bridgehead atoms. The number of hydrogen-bond acceptors (Lipinski definition) is 4. The number of hydrogen-bond donors (Lipinski definition) is 4. The Morgan fingerprint density at radius 2 is 2.07 bits per heavy atom. The summed E-state index contributed by atoms with van der Waals surface area (Å²) in [5.74, 6) is 0. The van der Waals surface area contributed by atoms with Crippen LogP contribution in [0.5, 0.6) is 0 Å². The SMILES string of the molecule is Cc1cc(CC(N)(O)CCO)ccc1N. The molecule has 84 valence electrons. The minimum Gasteiger partial charge on any atom is -0.399 e. The average molecular weight is 210 g/mol. The Bertz CT molecular complexity index is 337. The first kappa shape index (κ1) is 12.0. The Morgan fingerprint density at radius 1 is 1.40 bits per heavy atom. The maximum absolute atomic E-state index is 9.71. The summed E-state index contributed by atoms with van der Waals surface area (Å²) in [5.41, 5.74) is 12.5. The van der Waals surface area contributed by atoms with Crippen LogP contribution in [0.15, 0.2) is 18.2 Å². The van der Waals surface area contributed by atoms with Crippen molar-refractivity contribution in [1.82, 2.24) is 0 Å². The van der Waals surface area contributed by atoms with Crippen molar-refractivity contribution in [1.29, 1.82) is 0 Å². The summed E-state index contributed by atoms with van der Waals surface area (Å²) in [4.78, 5) is 0. The summed E-state index contributed by atoms with van der Waals surface area (Å²) < 4.78 is 0. The van der Waals surface area contributed by atoms with Gasteiger partial charge in [-0.25, -0.2) is 0 Å². The summed E-state index contributed by atoms with van der Waals surface area (Å²) in [6.07, 6.45) is 0.477. The van der Waals surface area contributed by atoms with Crippen LogP contribution in [0.3, 0.4) is 0 Å². The molecule has 0 aromatic heterocycles. The van der Waals surface area contributed by atoms with Crippen LogP contribution in [0.1, 0.15) is 17.5 Å². The van der Waals surface area contributed by atoms with E-state index in [0.29, 0.717) is 6.42 Å². The maximum Gasteiger partial charge on any atom is 0.119 e. The molecule has 1 atom stereocenters. The number of rotatable bonds is 4. The van der Waals surface area contributed by atoms with Gasteiger partial charge in [0.15, 0.2) is 0 Å². The van der Waals surface area contributed by atoms with E-state index in [1.807, 2.05) is 19.1 Å². The van der Waals surface area contributed by atoms with Crippen molar-refractivity contribution >= 4 is 5.69 Å². The van der Waals surface area contributed by atoms with E-state index in [9.17, 15) is 5.11 Å². The Balaban J connectivity index is 2.76. The van der Waals surface area contributed by atoms with E-state index in [2.05, 4.69) is 0 Å². The van der Waals surface area contributed by atoms with Gasteiger partial charge < -0.3 is 21.7 Å². The highest BCUT2D eigenvalue weighted by Crippen LogP contribution is 2.17. The highest BCUT2D eigenvalue weighted by molar-refractivity contribution is 5.47. The molecular weight excluding hydrogens is 192 g/mol. The van der Waals surface area contributed by atoms with Crippen LogP contribution in [-0.2, 0) is 6.42 Å². The second-order valence-corrected chi connectivity index (χ2v) is 3.94. The van der Waals surface area contributed by atoms with Crippen molar-refractivity contribution in [3.05, 3.63) is 29.3 Å². The predicted octanol–water partition coefficient (Wildman–Crippen LogP) is 0.149. The number of nitrogen functional groups attached to an aromatic ring is 1. The largest absolute Gasteiger partial charge is 0.399 e. The third kappa shape index (κ3) is 3.51. The molecule has 0 amide bonds. The van der Waals surface area contributed by atoms with E-state index in [4.69, 9.17) is 16.6 Å². The van der Waals surface area contributed by atoms with Crippen LogP contribution < -0.4 is 11.5 Å². The third-order valence-electron chi connectivity index (χ3n) is 2.39. The van der Waals surface area contributed by atoms with Gasteiger partial charge in [-0.05, 0) is 24.1 Å². The van der Waals surface area contributed by atoms with E-state index in [-0.39, 0.29) is 13.0 Å². The van der Waals surface area contributed by atoms with Crippen LogP contribution in [0.25, 0.3) is 0 Å². The fraction of sp³-hybridized carbons (Fsp3) is 0.455. The van der Waals surface area contributed by atoms with Gasteiger partial charge in [-0.2, -0.15) is 0 Å². The lowest BCUT2D eigenvalue weighted by Gasteiger charge is -2.22. The fourth-order valence-corrected chi connectivity index (χ4v) is 1.48. The van der Waals surface area contributed by atoms with E-state index >= 15 is 0 Å². The third-order valence-corrected chi connectivity index (χ3v) is 2.39. The van der Waals surface area contributed by atoms with Crippen LogP contribution in [0, 0.1) is 6.92 Å². The van der Waals surface area contributed by atoms with Gasteiger partial charge in [0.05, 0.1) is 0 Å². The van der Waals surface area contributed by atoms with Crippen molar-refractivity contribution in [2.24, 2.45) is 5.73 Å². The summed E-state index contributed by atoms with van der Waals surface area (Å²) in [6.45, 7) is 1.78. The normalized spacial score (nSPS) is 14.9. The molecule has 4 nitrogen and oxygen atoms in total. The van der Waals surface area contributed by atoms with Crippen molar-refractivity contribution < 1.29 is 10.2 Å². The van der Waals surface area contributed by atoms with E-state index in [0.717, 1.165) is 16.8 Å². The lowest BCUT2D eigenvalue weighted by Crippen LogP contribution is -2.42. The average Bonchev–Trinajstić information content (AvgIpc) is 2.10. The molecule has 1 aromatic carbocycles. The lowest BCUT2D eigenvalue weighted by molar-refractivity contribution is 0.0220. The number of nitrogens with two attached hydrogens (primary N) is 2. The van der Waals surface area contributed by atoms with Gasteiger partial charge in [-0.1, -0.05) is 12.1 Å².